The lowest BCUT2D eigenvalue weighted by Gasteiger charge is -2.30. The number of aromatic nitrogens is 1. The zero-order valence-electron chi connectivity index (χ0n) is 25.7. The Hall–Kier alpha value is -6.05. The van der Waals surface area contributed by atoms with E-state index in [9.17, 15) is 0 Å². The maximum atomic E-state index is 5.43. The zero-order chi connectivity index (χ0) is 31.0. The summed E-state index contributed by atoms with van der Waals surface area (Å²) in [6.07, 6.45) is 0. The molecule has 8 aromatic rings. The van der Waals surface area contributed by atoms with Crippen LogP contribution >= 0.6 is 0 Å². The highest BCUT2D eigenvalue weighted by Crippen LogP contribution is 2.63. The molecule has 47 heavy (non-hydrogen) atoms. The highest BCUT2D eigenvalue weighted by Gasteiger charge is 2.52. The first-order chi connectivity index (χ1) is 23.3. The summed E-state index contributed by atoms with van der Waals surface area (Å²) in [5, 5.41) is 2.48. The molecule has 0 radical (unpaired) electrons. The van der Waals surface area contributed by atoms with Gasteiger partial charge in [0.15, 0.2) is 0 Å². The number of fused-ring (bicyclic) bond motifs is 11. The minimum absolute atomic E-state index is 0.384. The number of rotatable bonds is 3. The maximum absolute atomic E-state index is 5.43. The van der Waals surface area contributed by atoms with E-state index in [1.54, 1.807) is 0 Å². The van der Waals surface area contributed by atoms with Crippen LogP contribution in [-0.4, -0.2) is 4.98 Å². The van der Waals surface area contributed by atoms with E-state index in [1.807, 2.05) is 0 Å². The van der Waals surface area contributed by atoms with Gasteiger partial charge in [0.2, 0.25) is 0 Å². The van der Waals surface area contributed by atoms with Crippen LogP contribution < -0.4 is 0 Å². The highest BCUT2D eigenvalue weighted by molar-refractivity contribution is 6.01. The van der Waals surface area contributed by atoms with E-state index in [0.717, 1.165) is 22.5 Å². The van der Waals surface area contributed by atoms with E-state index in [-0.39, 0.29) is 5.41 Å². The van der Waals surface area contributed by atoms with Gasteiger partial charge in [-0.15, -0.1) is 0 Å². The SMILES string of the molecule is c1ccc(-c2cc(-c3cccc4ccccc34)cc(-c3cccc4c3-c3ccccc3C43c4ccccc4-c4ccccc43)n2)cc1. The van der Waals surface area contributed by atoms with Crippen molar-refractivity contribution in [2.24, 2.45) is 0 Å². The van der Waals surface area contributed by atoms with Crippen molar-refractivity contribution in [1.82, 2.24) is 4.98 Å². The molecule has 1 aromatic heterocycles. The smallest absolute Gasteiger partial charge is 0.0725 e. The van der Waals surface area contributed by atoms with Gasteiger partial charge >= 0.3 is 0 Å². The van der Waals surface area contributed by atoms with Crippen molar-refractivity contribution in [2.45, 2.75) is 5.41 Å². The van der Waals surface area contributed by atoms with Crippen molar-refractivity contribution >= 4 is 10.8 Å². The Morgan fingerprint density at radius 3 is 1.62 bits per heavy atom. The Labute approximate surface area is 274 Å². The summed E-state index contributed by atoms with van der Waals surface area (Å²) in [5.74, 6) is 0. The first-order valence-corrected chi connectivity index (χ1v) is 16.3. The minimum Gasteiger partial charge on any atom is -0.248 e. The van der Waals surface area contributed by atoms with Gasteiger partial charge in [-0.05, 0) is 78.5 Å². The molecule has 218 valence electrons. The van der Waals surface area contributed by atoms with E-state index >= 15 is 0 Å². The number of benzene rings is 7. The second kappa shape index (κ2) is 9.97. The molecule has 2 aliphatic rings. The molecule has 0 atom stereocenters. The van der Waals surface area contributed by atoms with Crippen LogP contribution in [0.25, 0.3) is 66.7 Å². The second-order valence-electron chi connectivity index (χ2n) is 12.6. The van der Waals surface area contributed by atoms with Crippen LogP contribution in [-0.2, 0) is 5.41 Å². The van der Waals surface area contributed by atoms with Gasteiger partial charge in [-0.2, -0.15) is 0 Å². The van der Waals surface area contributed by atoms with Gasteiger partial charge in [0, 0.05) is 11.1 Å². The fraction of sp³-hybridized carbons (Fsp3) is 0.0217. The van der Waals surface area contributed by atoms with Crippen LogP contribution in [0.5, 0.6) is 0 Å². The molecule has 7 aromatic carbocycles. The quantitative estimate of drug-likeness (QED) is 0.198. The summed E-state index contributed by atoms with van der Waals surface area (Å²) >= 11 is 0. The third-order valence-corrected chi connectivity index (χ3v) is 10.3. The van der Waals surface area contributed by atoms with Crippen molar-refractivity contribution in [1.29, 1.82) is 0 Å². The predicted octanol–water partition coefficient (Wildman–Crippen LogP) is 11.6. The molecule has 1 heterocycles. The molecule has 0 amide bonds. The molecule has 0 bridgehead atoms. The van der Waals surface area contributed by atoms with E-state index in [2.05, 4.69) is 176 Å². The fourth-order valence-corrected chi connectivity index (χ4v) is 8.42. The predicted molar refractivity (Wildman–Crippen MR) is 194 cm³/mol. The minimum atomic E-state index is -0.384. The third-order valence-electron chi connectivity index (χ3n) is 10.3. The van der Waals surface area contributed by atoms with Gasteiger partial charge in [-0.1, -0.05) is 164 Å². The second-order valence-corrected chi connectivity index (χ2v) is 12.6. The lowest BCUT2D eigenvalue weighted by molar-refractivity contribution is 0.794. The summed E-state index contributed by atoms with van der Waals surface area (Å²) < 4.78 is 0. The standard InChI is InChI=1S/C46H29N/c1-2-15-31(16-3-1)43-28-32(34-22-12-17-30-14-4-5-18-33(30)34)29-44(47-43)38-23-13-27-42-45(38)37-21-8-11-26-41(37)46(42)39-24-9-6-19-35(39)36-20-7-10-25-40(36)46/h1-29H. The molecule has 0 saturated heterocycles. The molecule has 0 fully saturated rings. The summed E-state index contributed by atoms with van der Waals surface area (Å²) in [6, 6.07) is 64.2. The van der Waals surface area contributed by atoms with Crippen molar-refractivity contribution in [3.05, 3.63) is 198 Å². The molecule has 0 saturated carbocycles. The first kappa shape index (κ1) is 26.2. The number of nitrogens with zero attached hydrogens (tertiary/aromatic N) is 1. The third kappa shape index (κ3) is 3.63. The maximum Gasteiger partial charge on any atom is 0.0725 e. The monoisotopic (exact) mass is 595 g/mol. The number of hydrogen-bond acceptors (Lipinski definition) is 1. The average Bonchev–Trinajstić information content (AvgIpc) is 3.62. The van der Waals surface area contributed by atoms with Gasteiger partial charge in [-0.25, -0.2) is 4.98 Å². The number of pyridine rings is 1. The molecular formula is C46H29N. The average molecular weight is 596 g/mol. The molecule has 0 N–H and O–H groups in total. The fourth-order valence-electron chi connectivity index (χ4n) is 8.42. The lowest BCUT2D eigenvalue weighted by Crippen LogP contribution is -2.25. The molecule has 2 aliphatic carbocycles. The Balaban J connectivity index is 1.29. The van der Waals surface area contributed by atoms with Crippen molar-refractivity contribution in [2.75, 3.05) is 0 Å². The normalized spacial score (nSPS) is 13.3. The van der Waals surface area contributed by atoms with Crippen LogP contribution in [0.2, 0.25) is 0 Å². The molecule has 0 aliphatic heterocycles. The molecule has 0 unspecified atom stereocenters. The Bertz CT molecular complexity index is 2470. The van der Waals surface area contributed by atoms with Gasteiger partial charge in [0.05, 0.1) is 16.8 Å². The van der Waals surface area contributed by atoms with Crippen LogP contribution in [0.4, 0.5) is 0 Å². The summed E-state index contributed by atoms with van der Waals surface area (Å²) in [7, 11) is 0. The van der Waals surface area contributed by atoms with Crippen molar-refractivity contribution in [3.8, 4) is 55.9 Å². The van der Waals surface area contributed by atoms with Crippen LogP contribution in [0, 0.1) is 0 Å². The Morgan fingerprint density at radius 1 is 0.340 bits per heavy atom. The van der Waals surface area contributed by atoms with Crippen LogP contribution in [0.15, 0.2) is 176 Å². The van der Waals surface area contributed by atoms with Crippen LogP contribution in [0.1, 0.15) is 22.3 Å². The lowest BCUT2D eigenvalue weighted by atomic mass is 9.70. The number of hydrogen-bond donors (Lipinski definition) is 0. The van der Waals surface area contributed by atoms with Crippen LogP contribution in [0.3, 0.4) is 0 Å². The zero-order valence-corrected chi connectivity index (χ0v) is 25.7. The van der Waals surface area contributed by atoms with E-state index in [0.29, 0.717) is 0 Å². The highest BCUT2D eigenvalue weighted by atomic mass is 14.7. The summed E-state index contributed by atoms with van der Waals surface area (Å²) in [4.78, 5) is 5.43. The van der Waals surface area contributed by atoms with E-state index in [4.69, 9.17) is 4.98 Å². The molecule has 1 heteroatoms. The van der Waals surface area contributed by atoms with Gasteiger partial charge in [0.1, 0.15) is 0 Å². The largest absolute Gasteiger partial charge is 0.248 e. The van der Waals surface area contributed by atoms with Gasteiger partial charge in [-0.3, -0.25) is 0 Å². The first-order valence-electron chi connectivity index (χ1n) is 16.3. The van der Waals surface area contributed by atoms with E-state index in [1.165, 1.54) is 66.4 Å². The van der Waals surface area contributed by atoms with Crippen molar-refractivity contribution in [3.63, 3.8) is 0 Å². The summed E-state index contributed by atoms with van der Waals surface area (Å²) in [6.45, 7) is 0. The van der Waals surface area contributed by atoms with E-state index < -0.39 is 0 Å². The van der Waals surface area contributed by atoms with Gasteiger partial charge in [0.25, 0.3) is 0 Å². The molecular weight excluding hydrogens is 567 g/mol. The Kier molecular flexibility index (Phi) is 5.56. The Morgan fingerprint density at radius 2 is 0.851 bits per heavy atom. The molecule has 10 rings (SSSR count). The summed E-state index contributed by atoms with van der Waals surface area (Å²) in [5.41, 5.74) is 16.8. The van der Waals surface area contributed by atoms with Gasteiger partial charge < -0.3 is 0 Å². The molecule has 1 nitrogen and oxygen atoms in total. The topological polar surface area (TPSA) is 12.9 Å². The van der Waals surface area contributed by atoms with Crippen molar-refractivity contribution < 1.29 is 0 Å². The molecule has 1 spiro atoms.